The molecule has 1 amide bonds. The second kappa shape index (κ2) is 13.3. The number of carboxylic acids is 2. The average molecular weight is 583 g/mol. The first kappa shape index (κ1) is 32.1. The molecule has 2 N–H and O–H groups in total. The van der Waals surface area contributed by atoms with Crippen LogP contribution in [0.25, 0.3) is 0 Å². The predicted molar refractivity (Wildman–Crippen MR) is 121 cm³/mol. The number of alkyl halides is 6. The number of rotatable bonds is 4. The van der Waals surface area contributed by atoms with Crippen molar-refractivity contribution >= 4 is 17.8 Å². The molecule has 1 spiro atoms. The van der Waals surface area contributed by atoms with E-state index in [0.717, 1.165) is 18.6 Å². The molecule has 2 aliphatic heterocycles. The highest BCUT2D eigenvalue weighted by Crippen LogP contribution is 2.37. The van der Waals surface area contributed by atoms with Crippen LogP contribution in [0.5, 0.6) is 11.6 Å². The minimum absolute atomic E-state index is 0.0258. The van der Waals surface area contributed by atoms with E-state index in [9.17, 15) is 31.1 Å². The molecule has 0 radical (unpaired) electrons. The van der Waals surface area contributed by atoms with E-state index in [1.54, 1.807) is 30.7 Å². The van der Waals surface area contributed by atoms with Gasteiger partial charge in [-0.2, -0.15) is 26.3 Å². The third-order valence-corrected chi connectivity index (χ3v) is 5.40. The summed E-state index contributed by atoms with van der Waals surface area (Å²) < 4.78 is 80.7. The largest absolute Gasteiger partial charge is 0.490 e. The van der Waals surface area contributed by atoms with Gasteiger partial charge < -0.3 is 29.3 Å². The van der Waals surface area contributed by atoms with Crippen LogP contribution in [0.4, 0.5) is 26.3 Å². The predicted octanol–water partition coefficient (Wildman–Crippen LogP) is 3.20. The van der Waals surface area contributed by atoms with Gasteiger partial charge in [0.2, 0.25) is 5.88 Å². The van der Waals surface area contributed by atoms with Gasteiger partial charge >= 0.3 is 24.3 Å². The van der Waals surface area contributed by atoms with Crippen LogP contribution in [-0.2, 0) is 14.3 Å². The maximum atomic E-state index is 12.9. The number of nitrogens with zero attached hydrogens (tertiary/aromatic N) is 3. The highest BCUT2D eigenvalue weighted by molar-refractivity contribution is 5.96. The quantitative estimate of drug-likeness (QED) is 0.514. The Balaban J connectivity index is 0.000000333. The Hall–Kier alpha value is -4.15. The molecule has 4 heterocycles. The zero-order valence-electron chi connectivity index (χ0n) is 20.6. The van der Waals surface area contributed by atoms with Gasteiger partial charge in [0.15, 0.2) is 0 Å². The Morgan fingerprint density at radius 2 is 1.65 bits per heavy atom. The van der Waals surface area contributed by atoms with Crippen LogP contribution in [0.1, 0.15) is 23.2 Å². The molecule has 2 atom stereocenters. The Bertz CT molecular complexity index is 1140. The number of halogens is 6. The minimum atomic E-state index is -5.08. The molecule has 2 aromatic heterocycles. The van der Waals surface area contributed by atoms with Crippen molar-refractivity contribution < 1.29 is 65.1 Å². The third kappa shape index (κ3) is 9.25. The second-order valence-electron chi connectivity index (χ2n) is 8.27. The molecule has 0 bridgehead atoms. The second-order valence-corrected chi connectivity index (χ2v) is 8.27. The number of amides is 1. The number of ether oxygens (including phenoxy) is 3. The number of aliphatic carboxylic acids is 2. The minimum Gasteiger partial charge on any atom is -0.486 e. The van der Waals surface area contributed by atoms with Crippen LogP contribution in [0, 0.1) is 0 Å². The monoisotopic (exact) mass is 583 g/mol. The number of carboxylic acid groups (broad SMARTS) is 2. The van der Waals surface area contributed by atoms with Crippen LogP contribution >= 0.6 is 0 Å². The van der Waals surface area contributed by atoms with Gasteiger partial charge in [-0.1, -0.05) is 0 Å². The SMILES string of the molecule is COc1ncccc1C(=O)N1CC[C@]2(C[C@H](Oc3cccnc3)CO2)C1.O=C(O)C(F)(F)F.O=C(O)C(F)(F)F. The van der Waals surface area contributed by atoms with Crippen LogP contribution < -0.4 is 9.47 Å². The summed E-state index contributed by atoms with van der Waals surface area (Å²) in [5.74, 6) is -4.50. The van der Waals surface area contributed by atoms with Crippen molar-refractivity contribution in [2.75, 3.05) is 26.8 Å². The summed E-state index contributed by atoms with van der Waals surface area (Å²) in [6, 6.07) is 7.21. The molecule has 0 unspecified atom stereocenters. The van der Waals surface area contributed by atoms with Crippen molar-refractivity contribution in [3.8, 4) is 11.6 Å². The fraction of sp³-hybridized carbons (Fsp3) is 0.435. The van der Waals surface area contributed by atoms with E-state index in [1.807, 2.05) is 17.0 Å². The number of pyridine rings is 2. The molecule has 2 aromatic rings. The molecule has 2 saturated heterocycles. The fourth-order valence-electron chi connectivity index (χ4n) is 3.68. The lowest BCUT2D eigenvalue weighted by Crippen LogP contribution is -2.36. The van der Waals surface area contributed by atoms with Gasteiger partial charge in [0.25, 0.3) is 5.91 Å². The fourth-order valence-corrected chi connectivity index (χ4v) is 3.68. The zero-order chi connectivity index (χ0) is 30.1. The standard InChI is InChI=1S/C19H21N3O4.2C2HF3O2/c1-24-17-16(5-3-8-21-17)18(23)22-9-6-19(13-22)10-15(12-25-19)26-14-4-2-7-20-11-14;2*3-2(4,5)1(6)7/h2-5,7-8,11,15H,6,9-10,12-13H2,1H3;2*(H,6,7)/t15-,19-;;/m0../s1. The molecule has 0 saturated carbocycles. The summed E-state index contributed by atoms with van der Waals surface area (Å²) in [5.41, 5.74) is 0.144. The maximum Gasteiger partial charge on any atom is 0.490 e. The van der Waals surface area contributed by atoms with Crippen molar-refractivity contribution in [3.63, 3.8) is 0 Å². The molecule has 4 rings (SSSR count). The van der Waals surface area contributed by atoms with E-state index in [-0.39, 0.29) is 17.6 Å². The number of carbonyl (C=O) groups excluding carboxylic acids is 1. The lowest BCUT2D eigenvalue weighted by molar-refractivity contribution is -0.193. The lowest BCUT2D eigenvalue weighted by Gasteiger charge is -2.23. The summed E-state index contributed by atoms with van der Waals surface area (Å²) in [6.07, 6.45) is -3.61. The summed E-state index contributed by atoms with van der Waals surface area (Å²) in [6.45, 7) is 1.72. The van der Waals surface area contributed by atoms with E-state index in [4.69, 9.17) is 34.0 Å². The first-order valence-corrected chi connectivity index (χ1v) is 11.2. The number of hydrogen-bond acceptors (Lipinski definition) is 8. The topological polar surface area (TPSA) is 148 Å². The molecular weight excluding hydrogens is 560 g/mol. The smallest absolute Gasteiger partial charge is 0.486 e. The van der Waals surface area contributed by atoms with Gasteiger partial charge in [0.05, 0.1) is 32.1 Å². The lowest BCUT2D eigenvalue weighted by atomic mass is 9.98. The van der Waals surface area contributed by atoms with Gasteiger partial charge in [0, 0.05) is 25.4 Å². The number of hydrogen-bond donors (Lipinski definition) is 2. The van der Waals surface area contributed by atoms with Crippen molar-refractivity contribution in [2.24, 2.45) is 0 Å². The Labute approximate surface area is 222 Å². The third-order valence-electron chi connectivity index (χ3n) is 5.40. The van der Waals surface area contributed by atoms with Crippen molar-refractivity contribution in [3.05, 3.63) is 48.4 Å². The van der Waals surface area contributed by atoms with Crippen LogP contribution in [-0.4, -0.2) is 93.8 Å². The highest BCUT2D eigenvalue weighted by atomic mass is 19.4. The van der Waals surface area contributed by atoms with Crippen molar-refractivity contribution in [2.45, 2.75) is 36.9 Å². The first-order valence-electron chi connectivity index (χ1n) is 11.2. The zero-order valence-corrected chi connectivity index (χ0v) is 20.6. The summed E-state index contributed by atoms with van der Waals surface area (Å²) >= 11 is 0. The molecule has 40 heavy (non-hydrogen) atoms. The van der Waals surface area contributed by atoms with Crippen LogP contribution in [0.2, 0.25) is 0 Å². The molecule has 11 nitrogen and oxygen atoms in total. The number of aromatic nitrogens is 2. The maximum absolute atomic E-state index is 12.9. The normalized spacial score (nSPS) is 20.1. The van der Waals surface area contributed by atoms with E-state index >= 15 is 0 Å². The molecule has 2 fully saturated rings. The van der Waals surface area contributed by atoms with E-state index in [0.29, 0.717) is 31.1 Å². The molecule has 2 aliphatic rings. The van der Waals surface area contributed by atoms with Gasteiger partial charge in [-0.15, -0.1) is 0 Å². The Morgan fingerprint density at radius 3 is 2.17 bits per heavy atom. The average Bonchev–Trinajstić information content (AvgIpc) is 3.49. The molecule has 220 valence electrons. The molecule has 0 aromatic carbocycles. The molecule has 0 aliphatic carbocycles. The molecule has 17 heteroatoms. The number of methoxy groups -OCH3 is 1. The summed E-state index contributed by atoms with van der Waals surface area (Å²) in [7, 11) is 1.52. The number of carbonyl (C=O) groups is 3. The highest BCUT2D eigenvalue weighted by Gasteiger charge is 2.48. The van der Waals surface area contributed by atoms with E-state index < -0.39 is 24.3 Å². The van der Waals surface area contributed by atoms with E-state index in [1.165, 1.54) is 7.11 Å². The van der Waals surface area contributed by atoms with Gasteiger partial charge in [0.1, 0.15) is 17.4 Å². The molecular formula is C23H23F6N3O8. The van der Waals surface area contributed by atoms with Crippen molar-refractivity contribution in [1.29, 1.82) is 0 Å². The Morgan fingerprint density at radius 1 is 1.05 bits per heavy atom. The van der Waals surface area contributed by atoms with Gasteiger partial charge in [-0.05, 0) is 30.7 Å². The van der Waals surface area contributed by atoms with Gasteiger partial charge in [-0.25, -0.2) is 14.6 Å². The first-order chi connectivity index (χ1) is 18.6. The van der Waals surface area contributed by atoms with Crippen molar-refractivity contribution in [1.82, 2.24) is 14.9 Å². The summed E-state index contributed by atoms with van der Waals surface area (Å²) in [5, 5.41) is 14.2. The van der Waals surface area contributed by atoms with E-state index in [2.05, 4.69) is 9.97 Å². The van der Waals surface area contributed by atoms with Crippen LogP contribution in [0.15, 0.2) is 42.9 Å². The van der Waals surface area contributed by atoms with Gasteiger partial charge in [-0.3, -0.25) is 9.78 Å². The summed E-state index contributed by atoms with van der Waals surface area (Å²) in [4.78, 5) is 40.6. The van der Waals surface area contributed by atoms with Crippen LogP contribution in [0.3, 0.4) is 0 Å². The number of likely N-dealkylation sites (tertiary alicyclic amines) is 1. The Kier molecular flexibility index (Phi) is 10.6.